The number of halogens is 2. The van der Waals surface area contributed by atoms with E-state index >= 15 is 0 Å². The van der Waals surface area contributed by atoms with Crippen molar-refractivity contribution in [1.82, 2.24) is 0 Å². The number of benzene rings is 1. The van der Waals surface area contributed by atoms with Gasteiger partial charge in [-0.15, -0.1) is 0 Å². The van der Waals surface area contributed by atoms with E-state index in [1.165, 1.54) is 24.3 Å². The van der Waals surface area contributed by atoms with Crippen LogP contribution in [0.4, 0.5) is 8.78 Å². The van der Waals surface area contributed by atoms with Crippen LogP contribution in [0.1, 0.15) is 38.7 Å². The van der Waals surface area contributed by atoms with Gasteiger partial charge in [-0.1, -0.05) is 12.1 Å². The summed E-state index contributed by atoms with van der Waals surface area (Å²) in [5, 5.41) is 8.82. The number of alkyl halides is 2. The minimum Gasteiger partial charge on any atom is -0.396 e. The van der Waals surface area contributed by atoms with Crippen LogP contribution < -0.4 is 5.30 Å². The summed E-state index contributed by atoms with van der Waals surface area (Å²) in [4.78, 5) is 0. The lowest BCUT2D eigenvalue weighted by atomic mass is 10.0. The second-order valence-electron chi connectivity index (χ2n) is 4.77. The summed E-state index contributed by atoms with van der Waals surface area (Å²) < 4.78 is 51.3. The molecule has 0 amide bonds. The number of rotatable bonds is 10. The molecule has 7 heteroatoms. The first-order valence-electron chi connectivity index (χ1n) is 7.38. The highest BCUT2D eigenvalue weighted by atomic mass is 31.2. The number of aliphatic hydroxyl groups is 1. The minimum atomic E-state index is -3.57. The molecule has 4 nitrogen and oxygen atoms in total. The SMILES string of the molecule is CCOP(=O)(OCC)c1cccc(C(F)(F)CCCCO)c1. The zero-order valence-corrected chi connectivity index (χ0v) is 13.8. The molecule has 0 aliphatic heterocycles. The van der Waals surface area contributed by atoms with E-state index in [0.717, 1.165) is 0 Å². The van der Waals surface area contributed by atoms with E-state index in [9.17, 15) is 13.3 Å². The summed E-state index contributed by atoms with van der Waals surface area (Å²) in [6, 6.07) is 5.38. The zero-order valence-electron chi connectivity index (χ0n) is 12.9. The van der Waals surface area contributed by atoms with Crippen LogP contribution in [0.3, 0.4) is 0 Å². The molecule has 0 radical (unpaired) electrons. The Balaban J connectivity index is 3.04. The molecule has 0 atom stereocenters. The average Bonchev–Trinajstić information content (AvgIpc) is 2.48. The summed E-state index contributed by atoms with van der Waals surface area (Å²) in [6.45, 7) is 3.54. The Morgan fingerprint density at radius 1 is 1.18 bits per heavy atom. The normalized spacial score (nSPS) is 12.6. The second-order valence-corrected chi connectivity index (χ2v) is 6.80. The first kappa shape index (κ1) is 19.2. The summed E-state index contributed by atoms with van der Waals surface area (Å²) in [5.74, 6) is -3.05. The van der Waals surface area contributed by atoms with E-state index in [1.807, 2.05) is 0 Å². The third kappa shape index (κ3) is 5.13. The smallest absolute Gasteiger partial charge is 0.361 e. The van der Waals surface area contributed by atoms with Crippen LogP contribution in [-0.2, 0) is 19.5 Å². The van der Waals surface area contributed by atoms with E-state index < -0.39 is 13.5 Å². The standard InChI is InChI=1S/C15H23F2O4P/c1-3-20-22(19,21-4-2)14-9-7-8-13(12-14)15(16,17)10-5-6-11-18/h7-9,12,18H,3-6,10-11H2,1-2H3. The maximum absolute atomic E-state index is 14.2. The van der Waals surface area contributed by atoms with Crippen LogP contribution in [0.2, 0.25) is 0 Å². The molecule has 0 unspecified atom stereocenters. The molecule has 1 aromatic rings. The van der Waals surface area contributed by atoms with Gasteiger partial charge in [0.1, 0.15) is 0 Å². The van der Waals surface area contributed by atoms with E-state index in [0.29, 0.717) is 6.42 Å². The van der Waals surface area contributed by atoms with Crippen LogP contribution in [0.25, 0.3) is 0 Å². The molecule has 0 spiro atoms. The Labute approximate surface area is 130 Å². The lowest BCUT2D eigenvalue weighted by Gasteiger charge is -2.20. The highest BCUT2D eigenvalue weighted by Crippen LogP contribution is 2.47. The highest BCUT2D eigenvalue weighted by molar-refractivity contribution is 7.62. The summed E-state index contributed by atoms with van der Waals surface area (Å²) in [6.07, 6.45) is 0.165. The van der Waals surface area contributed by atoms with E-state index in [2.05, 4.69) is 0 Å². The zero-order chi connectivity index (χ0) is 16.6. The van der Waals surface area contributed by atoms with Gasteiger partial charge >= 0.3 is 7.60 Å². The molecular formula is C15H23F2O4P. The maximum Gasteiger partial charge on any atom is 0.361 e. The highest BCUT2D eigenvalue weighted by Gasteiger charge is 2.34. The largest absolute Gasteiger partial charge is 0.396 e. The maximum atomic E-state index is 14.2. The monoisotopic (exact) mass is 336 g/mol. The number of hydrogen-bond donors (Lipinski definition) is 1. The lowest BCUT2D eigenvalue weighted by molar-refractivity contribution is -0.0164. The van der Waals surface area contributed by atoms with Crippen molar-refractivity contribution in [1.29, 1.82) is 0 Å². The first-order chi connectivity index (χ1) is 10.4. The first-order valence-corrected chi connectivity index (χ1v) is 8.92. The Morgan fingerprint density at radius 3 is 2.36 bits per heavy atom. The minimum absolute atomic E-state index is 0.111. The van der Waals surface area contributed by atoms with E-state index in [1.54, 1.807) is 13.8 Å². The van der Waals surface area contributed by atoms with Gasteiger partial charge in [0.15, 0.2) is 0 Å². The predicted octanol–water partition coefficient (Wildman–Crippen LogP) is 3.83. The van der Waals surface area contributed by atoms with Gasteiger partial charge in [-0.25, -0.2) is 8.78 Å². The van der Waals surface area contributed by atoms with Gasteiger partial charge in [-0.05, 0) is 38.8 Å². The van der Waals surface area contributed by atoms with Crippen LogP contribution in [0.15, 0.2) is 24.3 Å². The molecule has 126 valence electrons. The summed E-state index contributed by atoms with van der Waals surface area (Å²) in [7, 11) is -3.57. The topological polar surface area (TPSA) is 55.8 Å². The van der Waals surface area contributed by atoms with Crippen molar-refractivity contribution in [3.05, 3.63) is 29.8 Å². The van der Waals surface area contributed by atoms with Gasteiger partial charge in [0.25, 0.3) is 5.92 Å². The molecule has 1 rings (SSSR count). The van der Waals surface area contributed by atoms with Gasteiger partial charge < -0.3 is 14.2 Å². The van der Waals surface area contributed by atoms with Crippen molar-refractivity contribution in [3.63, 3.8) is 0 Å². The number of aliphatic hydroxyl groups excluding tert-OH is 1. The molecule has 0 bridgehead atoms. The molecular weight excluding hydrogens is 313 g/mol. The molecule has 0 heterocycles. The molecule has 0 aliphatic carbocycles. The Hall–Kier alpha value is -0.810. The molecule has 22 heavy (non-hydrogen) atoms. The Bertz CT molecular complexity index is 498. The number of unbranched alkanes of at least 4 members (excludes halogenated alkanes) is 1. The van der Waals surface area contributed by atoms with Crippen molar-refractivity contribution >= 4 is 12.9 Å². The molecule has 0 saturated carbocycles. The van der Waals surface area contributed by atoms with Gasteiger partial charge in [0.2, 0.25) is 0 Å². The lowest BCUT2D eigenvalue weighted by Crippen LogP contribution is -2.18. The van der Waals surface area contributed by atoms with Crippen LogP contribution in [0, 0.1) is 0 Å². The molecule has 1 aromatic carbocycles. The van der Waals surface area contributed by atoms with Crippen molar-refractivity contribution in [3.8, 4) is 0 Å². The summed E-state index contributed by atoms with van der Waals surface area (Å²) >= 11 is 0. The fourth-order valence-electron chi connectivity index (χ4n) is 2.03. The third-order valence-corrected chi connectivity index (χ3v) is 5.19. The van der Waals surface area contributed by atoms with Crippen molar-refractivity contribution in [2.45, 2.75) is 39.0 Å². The van der Waals surface area contributed by atoms with E-state index in [-0.39, 0.29) is 43.5 Å². The fraction of sp³-hybridized carbons (Fsp3) is 0.600. The fourth-order valence-corrected chi connectivity index (χ4v) is 3.65. The van der Waals surface area contributed by atoms with E-state index in [4.69, 9.17) is 14.2 Å². The summed E-state index contributed by atoms with van der Waals surface area (Å²) in [5.41, 5.74) is -0.220. The molecule has 0 aliphatic rings. The quantitative estimate of drug-likeness (QED) is 0.521. The van der Waals surface area contributed by atoms with Crippen LogP contribution in [-0.4, -0.2) is 24.9 Å². The van der Waals surface area contributed by atoms with Crippen LogP contribution >= 0.6 is 7.60 Å². The van der Waals surface area contributed by atoms with Gasteiger partial charge in [-0.2, -0.15) is 0 Å². The van der Waals surface area contributed by atoms with Gasteiger partial charge in [-0.3, -0.25) is 4.57 Å². The Morgan fingerprint density at radius 2 is 1.82 bits per heavy atom. The molecule has 0 aromatic heterocycles. The van der Waals surface area contributed by atoms with Crippen LogP contribution in [0.5, 0.6) is 0 Å². The molecule has 0 saturated heterocycles. The van der Waals surface area contributed by atoms with Crippen molar-refractivity contribution in [2.24, 2.45) is 0 Å². The van der Waals surface area contributed by atoms with Crippen molar-refractivity contribution in [2.75, 3.05) is 19.8 Å². The second kappa shape index (κ2) is 8.73. The molecule has 0 fully saturated rings. The van der Waals surface area contributed by atoms with Crippen molar-refractivity contribution < 1.29 is 27.5 Å². The number of hydrogen-bond acceptors (Lipinski definition) is 4. The molecule has 1 N–H and O–H groups in total. The Kier molecular flexibility index (Phi) is 7.63. The third-order valence-electron chi connectivity index (χ3n) is 3.08. The average molecular weight is 336 g/mol. The predicted molar refractivity (Wildman–Crippen MR) is 81.8 cm³/mol. The van der Waals surface area contributed by atoms with Gasteiger partial charge in [0.05, 0.1) is 18.5 Å². The van der Waals surface area contributed by atoms with Gasteiger partial charge in [0, 0.05) is 18.6 Å².